The van der Waals surface area contributed by atoms with E-state index >= 15 is 0 Å². The van der Waals surface area contributed by atoms with Crippen LogP contribution in [0.3, 0.4) is 0 Å². The summed E-state index contributed by atoms with van der Waals surface area (Å²) >= 11 is 12.4. The third kappa shape index (κ3) is 7.85. The van der Waals surface area contributed by atoms with E-state index in [9.17, 15) is 18.0 Å². The summed E-state index contributed by atoms with van der Waals surface area (Å²) in [4.78, 5) is 28.3. The molecule has 36 heavy (non-hydrogen) atoms. The number of sulfonamides is 1. The summed E-state index contributed by atoms with van der Waals surface area (Å²) in [6.07, 6.45) is 2.13. The summed E-state index contributed by atoms with van der Waals surface area (Å²) in [6, 6.07) is 9.37. The van der Waals surface area contributed by atoms with Crippen molar-refractivity contribution >= 4 is 50.7 Å². The van der Waals surface area contributed by atoms with Crippen molar-refractivity contribution < 1.29 is 18.0 Å². The number of benzene rings is 2. The molecule has 0 aromatic heterocycles. The molecule has 2 aromatic rings. The lowest BCUT2D eigenvalue weighted by Crippen LogP contribution is -2.53. The maximum absolute atomic E-state index is 13.8. The Morgan fingerprint density at radius 2 is 1.69 bits per heavy atom. The van der Waals surface area contributed by atoms with Crippen molar-refractivity contribution in [3.63, 3.8) is 0 Å². The molecule has 198 valence electrons. The number of halogens is 2. The second-order valence-corrected chi connectivity index (χ2v) is 11.8. The number of aryl methyl sites for hydroxylation is 2. The first kappa shape index (κ1) is 29.9. The van der Waals surface area contributed by atoms with Crippen molar-refractivity contribution in [1.82, 2.24) is 10.2 Å². The highest BCUT2D eigenvalue weighted by atomic mass is 35.5. The highest BCUT2D eigenvalue weighted by Gasteiger charge is 2.32. The number of nitrogens with one attached hydrogen (secondary N) is 1. The molecule has 0 spiro atoms. The van der Waals surface area contributed by atoms with Gasteiger partial charge in [0.1, 0.15) is 12.6 Å². The fourth-order valence-corrected chi connectivity index (χ4v) is 5.25. The smallest absolute Gasteiger partial charge is 0.244 e. The first-order valence-corrected chi connectivity index (χ1v) is 14.5. The van der Waals surface area contributed by atoms with Gasteiger partial charge in [0.05, 0.1) is 11.9 Å². The van der Waals surface area contributed by atoms with Gasteiger partial charge < -0.3 is 10.2 Å². The maximum Gasteiger partial charge on any atom is 0.244 e. The zero-order valence-corrected chi connectivity index (χ0v) is 24.0. The molecule has 2 rings (SSSR count). The average Bonchev–Trinajstić information content (AvgIpc) is 2.78. The van der Waals surface area contributed by atoms with Crippen molar-refractivity contribution in [2.45, 2.75) is 66.1 Å². The van der Waals surface area contributed by atoms with Crippen LogP contribution in [0.2, 0.25) is 10.0 Å². The molecule has 0 radical (unpaired) electrons. The van der Waals surface area contributed by atoms with Gasteiger partial charge in [-0.1, -0.05) is 60.8 Å². The molecule has 0 saturated carbocycles. The van der Waals surface area contributed by atoms with Crippen molar-refractivity contribution in [3.8, 4) is 0 Å². The van der Waals surface area contributed by atoms with E-state index in [4.69, 9.17) is 23.2 Å². The van der Waals surface area contributed by atoms with E-state index in [1.807, 2.05) is 33.8 Å². The molecule has 0 aliphatic heterocycles. The van der Waals surface area contributed by atoms with Crippen LogP contribution < -0.4 is 9.62 Å². The normalized spacial score (nSPS) is 13.1. The number of anilines is 1. The van der Waals surface area contributed by atoms with Crippen LogP contribution in [-0.4, -0.2) is 50.0 Å². The van der Waals surface area contributed by atoms with Gasteiger partial charge in [-0.2, -0.15) is 0 Å². The molecule has 7 nitrogen and oxygen atoms in total. The molecular formula is C26H35Cl2N3O4S. The Balaban J connectivity index is 2.51. The monoisotopic (exact) mass is 555 g/mol. The number of carbonyl (C=O) groups excluding carboxylic acids is 2. The summed E-state index contributed by atoms with van der Waals surface area (Å²) in [6.45, 7) is 8.92. The number of nitrogens with zero attached hydrogens (tertiary/aromatic N) is 2. The minimum absolute atomic E-state index is 0.0196. The zero-order chi connectivity index (χ0) is 27.2. The van der Waals surface area contributed by atoms with E-state index in [0.717, 1.165) is 28.1 Å². The van der Waals surface area contributed by atoms with Crippen LogP contribution in [-0.2, 0) is 26.2 Å². The molecule has 2 atom stereocenters. The molecular weight excluding hydrogens is 521 g/mol. The molecule has 10 heteroatoms. The van der Waals surface area contributed by atoms with E-state index in [1.165, 1.54) is 4.90 Å². The lowest BCUT2D eigenvalue weighted by Gasteiger charge is -2.34. The molecule has 2 amide bonds. The van der Waals surface area contributed by atoms with Gasteiger partial charge in [-0.3, -0.25) is 13.9 Å². The summed E-state index contributed by atoms with van der Waals surface area (Å²) in [5.74, 6) is -0.819. The fraction of sp³-hybridized carbons (Fsp3) is 0.462. The molecule has 0 aliphatic rings. The minimum atomic E-state index is -3.80. The van der Waals surface area contributed by atoms with E-state index in [2.05, 4.69) is 5.32 Å². The topological polar surface area (TPSA) is 86.8 Å². The van der Waals surface area contributed by atoms with Crippen molar-refractivity contribution in [1.29, 1.82) is 0 Å². The van der Waals surface area contributed by atoms with Crippen LogP contribution in [0.1, 0.15) is 50.3 Å². The lowest BCUT2D eigenvalue weighted by molar-refractivity contribution is -0.140. The number of rotatable bonds is 11. The van der Waals surface area contributed by atoms with E-state index in [1.54, 1.807) is 37.3 Å². The van der Waals surface area contributed by atoms with E-state index in [0.29, 0.717) is 27.7 Å². The average molecular weight is 557 g/mol. The Hall–Kier alpha value is -2.29. The lowest BCUT2D eigenvalue weighted by atomic mass is 10.1. The van der Waals surface area contributed by atoms with Gasteiger partial charge in [0.2, 0.25) is 21.8 Å². The van der Waals surface area contributed by atoms with Crippen LogP contribution in [0.25, 0.3) is 0 Å². The zero-order valence-electron chi connectivity index (χ0n) is 21.6. The van der Waals surface area contributed by atoms with E-state index in [-0.39, 0.29) is 18.5 Å². The van der Waals surface area contributed by atoms with Gasteiger partial charge in [-0.15, -0.1) is 0 Å². The van der Waals surface area contributed by atoms with Gasteiger partial charge in [0.15, 0.2) is 0 Å². The summed E-state index contributed by atoms with van der Waals surface area (Å²) in [5.41, 5.74) is 2.71. The summed E-state index contributed by atoms with van der Waals surface area (Å²) in [7, 11) is -3.80. The van der Waals surface area contributed by atoms with Crippen molar-refractivity contribution in [3.05, 3.63) is 63.1 Å². The van der Waals surface area contributed by atoms with Gasteiger partial charge in [-0.05, 0) is 62.9 Å². The number of hydrogen-bond acceptors (Lipinski definition) is 4. The number of amides is 2. The van der Waals surface area contributed by atoms with Crippen molar-refractivity contribution in [2.24, 2.45) is 0 Å². The number of hydrogen-bond donors (Lipinski definition) is 1. The second-order valence-electron chi connectivity index (χ2n) is 9.06. The van der Waals surface area contributed by atoms with Gasteiger partial charge >= 0.3 is 0 Å². The molecule has 0 bridgehead atoms. The molecule has 0 unspecified atom stereocenters. The molecule has 1 N–H and O–H groups in total. The largest absolute Gasteiger partial charge is 0.352 e. The predicted octanol–water partition coefficient (Wildman–Crippen LogP) is 5.10. The third-order valence-electron chi connectivity index (χ3n) is 6.04. The quantitative estimate of drug-likeness (QED) is 0.418. The number of carbonyl (C=O) groups is 2. The molecule has 0 heterocycles. The van der Waals surface area contributed by atoms with Gasteiger partial charge in [0.25, 0.3) is 0 Å². The molecule has 0 fully saturated rings. The van der Waals surface area contributed by atoms with Gasteiger partial charge in [0, 0.05) is 22.6 Å². The van der Waals surface area contributed by atoms with Crippen molar-refractivity contribution in [2.75, 3.05) is 17.1 Å². The molecule has 2 aromatic carbocycles. The highest BCUT2D eigenvalue weighted by molar-refractivity contribution is 7.92. The SMILES string of the molecule is CC[C@@H](C)NC(=O)[C@@H](CC)N(Cc1ccc(Cl)cc1Cl)C(=O)CN(c1ccc(C)cc1C)S(C)(=O)=O. The maximum atomic E-state index is 13.8. The Labute approximate surface area is 224 Å². The predicted molar refractivity (Wildman–Crippen MR) is 147 cm³/mol. The Kier molecular flexibility index (Phi) is 10.6. The van der Waals surface area contributed by atoms with Crippen LogP contribution in [0.4, 0.5) is 5.69 Å². The van der Waals surface area contributed by atoms with Crippen LogP contribution in [0.15, 0.2) is 36.4 Å². The van der Waals surface area contributed by atoms with Crippen LogP contribution in [0, 0.1) is 13.8 Å². The summed E-state index contributed by atoms with van der Waals surface area (Å²) < 4.78 is 26.6. The Morgan fingerprint density at radius 3 is 2.22 bits per heavy atom. The van der Waals surface area contributed by atoms with E-state index < -0.39 is 28.5 Å². The third-order valence-corrected chi connectivity index (χ3v) is 7.76. The first-order chi connectivity index (χ1) is 16.8. The fourth-order valence-electron chi connectivity index (χ4n) is 3.87. The second kappa shape index (κ2) is 12.8. The standard InChI is InChI=1S/C26H35Cl2N3O4S/c1-7-19(5)29-26(33)23(8-2)30(15-20-10-11-21(27)14-22(20)28)25(32)16-31(36(6,34)35)24-12-9-17(3)13-18(24)4/h9-14,19,23H,7-8,15-16H2,1-6H3,(H,29,33)/t19-,23-/m1/s1. The highest BCUT2D eigenvalue weighted by Crippen LogP contribution is 2.26. The van der Waals surface area contributed by atoms with Crippen LogP contribution >= 0.6 is 23.2 Å². The summed E-state index contributed by atoms with van der Waals surface area (Å²) in [5, 5.41) is 3.74. The Morgan fingerprint density at radius 1 is 1.03 bits per heavy atom. The van der Waals surface area contributed by atoms with Gasteiger partial charge in [-0.25, -0.2) is 8.42 Å². The Bertz CT molecular complexity index is 1200. The molecule has 0 aliphatic carbocycles. The van der Waals surface area contributed by atoms with Crippen LogP contribution in [0.5, 0.6) is 0 Å². The molecule has 0 saturated heterocycles. The minimum Gasteiger partial charge on any atom is -0.352 e. The first-order valence-electron chi connectivity index (χ1n) is 11.9.